The standard InChI is InChI=1S/C13H23N3O2/c1-5-11-9-12(16(6-2)14-11)10-15(3)8-7-13(17)18-4/h9H,5-8,10H2,1-4H3. The van der Waals surface area contributed by atoms with Crippen LogP contribution in [0.1, 0.15) is 31.7 Å². The molecule has 0 amide bonds. The van der Waals surface area contributed by atoms with Crippen LogP contribution in [0.4, 0.5) is 0 Å². The summed E-state index contributed by atoms with van der Waals surface area (Å²) in [5.41, 5.74) is 2.31. The van der Waals surface area contributed by atoms with E-state index in [0.29, 0.717) is 13.0 Å². The fourth-order valence-electron chi connectivity index (χ4n) is 1.83. The highest BCUT2D eigenvalue weighted by Gasteiger charge is 2.09. The molecule has 5 heteroatoms. The van der Waals surface area contributed by atoms with Gasteiger partial charge in [-0.2, -0.15) is 5.10 Å². The molecule has 0 radical (unpaired) electrons. The van der Waals surface area contributed by atoms with Gasteiger partial charge in [0.25, 0.3) is 0 Å². The third-order valence-electron chi connectivity index (χ3n) is 2.93. The van der Waals surface area contributed by atoms with Gasteiger partial charge in [0.2, 0.25) is 0 Å². The Morgan fingerprint density at radius 1 is 1.50 bits per heavy atom. The Morgan fingerprint density at radius 2 is 2.22 bits per heavy atom. The molecule has 1 rings (SSSR count). The lowest BCUT2D eigenvalue weighted by Gasteiger charge is -2.16. The van der Waals surface area contributed by atoms with E-state index < -0.39 is 0 Å². The molecule has 1 heterocycles. The average molecular weight is 253 g/mol. The van der Waals surface area contributed by atoms with Gasteiger partial charge in [0.1, 0.15) is 0 Å². The first-order chi connectivity index (χ1) is 8.60. The molecule has 0 fully saturated rings. The van der Waals surface area contributed by atoms with E-state index >= 15 is 0 Å². The Labute approximate surface area is 109 Å². The van der Waals surface area contributed by atoms with Gasteiger partial charge in [0.05, 0.1) is 24.9 Å². The third-order valence-corrected chi connectivity index (χ3v) is 2.93. The van der Waals surface area contributed by atoms with Crippen molar-refractivity contribution in [1.29, 1.82) is 0 Å². The van der Waals surface area contributed by atoms with Crippen molar-refractivity contribution < 1.29 is 9.53 Å². The van der Waals surface area contributed by atoms with Gasteiger partial charge in [-0.25, -0.2) is 0 Å². The van der Waals surface area contributed by atoms with Gasteiger partial charge in [0, 0.05) is 19.6 Å². The Morgan fingerprint density at radius 3 is 2.78 bits per heavy atom. The zero-order chi connectivity index (χ0) is 13.5. The molecule has 0 aliphatic rings. The smallest absolute Gasteiger partial charge is 0.306 e. The average Bonchev–Trinajstić information content (AvgIpc) is 2.78. The highest BCUT2D eigenvalue weighted by Crippen LogP contribution is 2.08. The summed E-state index contributed by atoms with van der Waals surface area (Å²) in [6.07, 6.45) is 1.37. The monoisotopic (exact) mass is 253 g/mol. The molecular formula is C13H23N3O2. The highest BCUT2D eigenvalue weighted by molar-refractivity contribution is 5.69. The highest BCUT2D eigenvalue weighted by atomic mass is 16.5. The minimum absolute atomic E-state index is 0.167. The molecule has 0 atom stereocenters. The van der Waals surface area contributed by atoms with E-state index in [1.54, 1.807) is 0 Å². The lowest BCUT2D eigenvalue weighted by Crippen LogP contribution is -2.23. The van der Waals surface area contributed by atoms with Gasteiger partial charge < -0.3 is 4.74 Å². The van der Waals surface area contributed by atoms with Crippen LogP contribution in [-0.2, 0) is 29.0 Å². The molecule has 0 aromatic carbocycles. The van der Waals surface area contributed by atoms with E-state index in [4.69, 9.17) is 0 Å². The van der Waals surface area contributed by atoms with Crippen molar-refractivity contribution in [3.05, 3.63) is 17.5 Å². The molecule has 0 spiro atoms. The molecule has 0 aliphatic carbocycles. The van der Waals surface area contributed by atoms with Crippen LogP contribution in [0, 0.1) is 0 Å². The largest absolute Gasteiger partial charge is 0.469 e. The molecule has 0 saturated carbocycles. The zero-order valence-electron chi connectivity index (χ0n) is 11.8. The molecule has 18 heavy (non-hydrogen) atoms. The maximum Gasteiger partial charge on any atom is 0.306 e. The Hall–Kier alpha value is -1.36. The van der Waals surface area contributed by atoms with E-state index in [-0.39, 0.29) is 5.97 Å². The molecule has 0 bridgehead atoms. The Balaban J connectivity index is 2.55. The van der Waals surface area contributed by atoms with Crippen molar-refractivity contribution in [3.63, 3.8) is 0 Å². The van der Waals surface area contributed by atoms with Crippen molar-refractivity contribution in [1.82, 2.24) is 14.7 Å². The van der Waals surface area contributed by atoms with Gasteiger partial charge in [0.15, 0.2) is 0 Å². The molecule has 0 unspecified atom stereocenters. The fourth-order valence-corrected chi connectivity index (χ4v) is 1.83. The lowest BCUT2D eigenvalue weighted by atomic mass is 10.3. The van der Waals surface area contributed by atoms with Gasteiger partial charge in [-0.1, -0.05) is 6.92 Å². The van der Waals surface area contributed by atoms with Crippen LogP contribution in [-0.4, -0.2) is 41.4 Å². The van der Waals surface area contributed by atoms with E-state index in [9.17, 15) is 4.79 Å². The number of rotatable bonds is 7. The van der Waals surface area contributed by atoms with Crippen LogP contribution in [0.15, 0.2) is 6.07 Å². The minimum atomic E-state index is -0.167. The molecule has 5 nitrogen and oxygen atoms in total. The summed E-state index contributed by atoms with van der Waals surface area (Å²) >= 11 is 0. The Kier molecular flexibility index (Phi) is 5.85. The third kappa shape index (κ3) is 4.14. The van der Waals surface area contributed by atoms with Gasteiger partial charge in [-0.15, -0.1) is 0 Å². The van der Waals surface area contributed by atoms with Crippen LogP contribution >= 0.6 is 0 Å². The summed E-state index contributed by atoms with van der Waals surface area (Å²) in [6.45, 7) is 6.57. The molecular weight excluding hydrogens is 230 g/mol. The Bertz CT molecular complexity index is 388. The molecule has 0 saturated heterocycles. The normalized spacial score (nSPS) is 10.9. The van der Waals surface area contributed by atoms with Crippen molar-refractivity contribution in [3.8, 4) is 0 Å². The van der Waals surface area contributed by atoms with Crippen molar-refractivity contribution >= 4 is 5.97 Å². The summed E-state index contributed by atoms with van der Waals surface area (Å²) in [6, 6.07) is 2.14. The first kappa shape index (κ1) is 14.7. The van der Waals surface area contributed by atoms with Crippen molar-refractivity contribution in [2.45, 2.75) is 39.8 Å². The van der Waals surface area contributed by atoms with Crippen LogP contribution < -0.4 is 0 Å². The van der Waals surface area contributed by atoms with E-state index in [2.05, 4.69) is 34.6 Å². The number of carbonyl (C=O) groups excluding carboxylic acids is 1. The van der Waals surface area contributed by atoms with Crippen LogP contribution in [0.25, 0.3) is 0 Å². The first-order valence-electron chi connectivity index (χ1n) is 6.41. The number of esters is 1. The number of methoxy groups -OCH3 is 1. The van der Waals surface area contributed by atoms with E-state index in [1.165, 1.54) is 12.8 Å². The second kappa shape index (κ2) is 7.16. The summed E-state index contributed by atoms with van der Waals surface area (Å²) < 4.78 is 6.66. The van der Waals surface area contributed by atoms with Crippen molar-refractivity contribution in [2.75, 3.05) is 20.7 Å². The SMILES string of the molecule is CCc1cc(CN(C)CCC(=O)OC)n(CC)n1. The van der Waals surface area contributed by atoms with Crippen LogP contribution in [0.5, 0.6) is 0 Å². The number of ether oxygens (including phenoxy) is 1. The second-order valence-electron chi connectivity index (χ2n) is 4.36. The van der Waals surface area contributed by atoms with Gasteiger partial charge >= 0.3 is 5.97 Å². The van der Waals surface area contributed by atoms with Crippen LogP contribution in [0.3, 0.4) is 0 Å². The predicted octanol–water partition coefficient (Wildman–Crippen LogP) is 1.46. The maximum absolute atomic E-state index is 11.1. The fraction of sp³-hybridized carbons (Fsp3) is 0.692. The number of nitrogens with zero attached hydrogens (tertiary/aromatic N) is 3. The first-order valence-corrected chi connectivity index (χ1v) is 6.41. The van der Waals surface area contributed by atoms with Crippen LogP contribution in [0.2, 0.25) is 0 Å². The van der Waals surface area contributed by atoms with Gasteiger partial charge in [-0.05, 0) is 26.5 Å². The molecule has 102 valence electrons. The van der Waals surface area contributed by atoms with Crippen molar-refractivity contribution in [2.24, 2.45) is 0 Å². The molecule has 1 aromatic heterocycles. The second-order valence-corrected chi connectivity index (χ2v) is 4.36. The summed E-state index contributed by atoms with van der Waals surface area (Å²) in [5.74, 6) is -0.167. The lowest BCUT2D eigenvalue weighted by molar-refractivity contribution is -0.140. The summed E-state index contributed by atoms with van der Waals surface area (Å²) in [4.78, 5) is 13.2. The van der Waals surface area contributed by atoms with Gasteiger partial charge in [-0.3, -0.25) is 14.4 Å². The summed E-state index contributed by atoms with van der Waals surface area (Å²) in [7, 11) is 3.42. The number of hydrogen-bond acceptors (Lipinski definition) is 4. The number of aryl methyl sites for hydroxylation is 2. The molecule has 1 aromatic rings. The molecule has 0 N–H and O–H groups in total. The topological polar surface area (TPSA) is 47.4 Å². The number of aromatic nitrogens is 2. The molecule has 0 aliphatic heterocycles. The predicted molar refractivity (Wildman–Crippen MR) is 70.2 cm³/mol. The maximum atomic E-state index is 11.1. The van der Waals surface area contributed by atoms with E-state index in [0.717, 1.165) is 25.2 Å². The van der Waals surface area contributed by atoms with E-state index in [1.807, 2.05) is 11.7 Å². The zero-order valence-corrected chi connectivity index (χ0v) is 11.8. The number of hydrogen-bond donors (Lipinski definition) is 0. The number of carbonyl (C=O) groups is 1. The quantitative estimate of drug-likeness (QED) is 0.690. The summed E-state index contributed by atoms with van der Waals surface area (Å²) in [5, 5.41) is 4.51. The minimum Gasteiger partial charge on any atom is -0.469 e.